The summed E-state index contributed by atoms with van der Waals surface area (Å²) in [6, 6.07) is 27.9. The van der Waals surface area contributed by atoms with Gasteiger partial charge in [-0.05, 0) is 41.8 Å². The summed E-state index contributed by atoms with van der Waals surface area (Å²) in [5, 5.41) is 2.69. The maximum absolute atomic E-state index is 4.57. The lowest BCUT2D eigenvalue weighted by Gasteiger charge is -2.05. The summed E-state index contributed by atoms with van der Waals surface area (Å²) >= 11 is 1.87. The van der Waals surface area contributed by atoms with E-state index in [-0.39, 0.29) is 0 Å². The molecule has 0 atom stereocenters. The molecule has 0 aliphatic heterocycles. The van der Waals surface area contributed by atoms with Crippen molar-refractivity contribution in [2.45, 2.75) is 6.92 Å². The Hall–Kier alpha value is -2.97. The highest BCUT2D eigenvalue weighted by Crippen LogP contribution is 2.42. The van der Waals surface area contributed by atoms with Crippen molar-refractivity contribution in [1.82, 2.24) is 4.98 Å². The molecule has 2 aromatic heterocycles. The summed E-state index contributed by atoms with van der Waals surface area (Å²) in [6.45, 7) is 2.20. The van der Waals surface area contributed by atoms with Crippen molar-refractivity contribution < 1.29 is 0 Å². The molecule has 5 aromatic rings. The van der Waals surface area contributed by atoms with Gasteiger partial charge in [-0.1, -0.05) is 60.7 Å². The highest BCUT2D eigenvalue weighted by Gasteiger charge is 2.13. The Morgan fingerprint density at radius 2 is 1.62 bits per heavy atom. The van der Waals surface area contributed by atoms with Crippen LogP contribution >= 0.6 is 11.3 Å². The zero-order chi connectivity index (χ0) is 17.5. The second-order valence-electron chi connectivity index (χ2n) is 6.53. The van der Waals surface area contributed by atoms with E-state index in [0.717, 1.165) is 5.69 Å². The zero-order valence-electron chi connectivity index (χ0n) is 14.4. The molecule has 3 aromatic carbocycles. The molecular formula is C24H17NS. The summed E-state index contributed by atoms with van der Waals surface area (Å²) in [6.07, 6.45) is 1.86. The largest absolute Gasteiger partial charge is 0.256 e. The summed E-state index contributed by atoms with van der Waals surface area (Å²) in [7, 11) is 0. The lowest BCUT2D eigenvalue weighted by Crippen LogP contribution is -1.84. The van der Waals surface area contributed by atoms with E-state index in [9.17, 15) is 0 Å². The molecule has 0 N–H and O–H groups in total. The predicted molar refractivity (Wildman–Crippen MR) is 113 cm³/mol. The minimum absolute atomic E-state index is 1.03. The molecule has 2 heterocycles. The first-order chi connectivity index (χ1) is 12.8. The second kappa shape index (κ2) is 6.08. The highest BCUT2D eigenvalue weighted by molar-refractivity contribution is 7.26. The predicted octanol–water partition coefficient (Wildman–Crippen LogP) is 7.09. The van der Waals surface area contributed by atoms with Crippen LogP contribution in [0, 0.1) is 6.92 Å². The van der Waals surface area contributed by atoms with Crippen molar-refractivity contribution in [2.24, 2.45) is 0 Å². The Morgan fingerprint density at radius 3 is 2.42 bits per heavy atom. The van der Waals surface area contributed by atoms with Crippen LogP contribution in [-0.2, 0) is 0 Å². The SMILES string of the molecule is Cc1ccc(-c2ccccn2)c2sc3cc(-c4ccccc4)ccc3c12. The van der Waals surface area contributed by atoms with E-state index in [1.54, 1.807) is 0 Å². The van der Waals surface area contributed by atoms with Gasteiger partial charge in [-0.25, -0.2) is 0 Å². The van der Waals surface area contributed by atoms with E-state index >= 15 is 0 Å². The van der Waals surface area contributed by atoms with Gasteiger partial charge in [-0.15, -0.1) is 11.3 Å². The molecule has 0 aliphatic rings. The van der Waals surface area contributed by atoms with Crippen LogP contribution in [0.1, 0.15) is 5.56 Å². The normalized spacial score (nSPS) is 11.3. The third kappa shape index (κ3) is 2.42. The number of fused-ring (bicyclic) bond motifs is 3. The first-order valence-corrected chi connectivity index (χ1v) is 9.55. The Balaban J connectivity index is 1.80. The fraction of sp³-hybridized carbons (Fsp3) is 0.0417. The van der Waals surface area contributed by atoms with E-state index in [4.69, 9.17) is 0 Å². The summed E-state index contributed by atoms with van der Waals surface area (Å²) < 4.78 is 2.65. The maximum atomic E-state index is 4.57. The molecule has 5 rings (SSSR count). The molecule has 0 spiro atoms. The number of benzene rings is 3. The molecule has 2 heteroatoms. The van der Waals surface area contributed by atoms with Crippen LogP contribution < -0.4 is 0 Å². The minimum Gasteiger partial charge on any atom is -0.256 e. The van der Waals surface area contributed by atoms with Gasteiger partial charge in [0, 0.05) is 31.9 Å². The van der Waals surface area contributed by atoms with Crippen molar-refractivity contribution in [3.8, 4) is 22.4 Å². The number of rotatable bonds is 2. The van der Waals surface area contributed by atoms with Crippen molar-refractivity contribution in [3.05, 3.63) is 90.6 Å². The molecule has 0 amide bonds. The molecule has 0 saturated carbocycles. The van der Waals surface area contributed by atoms with Crippen LogP contribution in [0.2, 0.25) is 0 Å². The van der Waals surface area contributed by atoms with Crippen molar-refractivity contribution >= 4 is 31.5 Å². The number of hydrogen-bond acceptors (Lipinski definition) is 2. The number of thiophene rings is 1. The van der Waals surface area contributed by atoms with E-state index in [1.807, 2.05) is 23.6 Å². The first kappa shape index (κ1) is 15.3. The lowest BCUT2D eigenvalue weighted by molar-refractivity contribution is 1.33. The lowest BCUT2D eigenvalue weighted by atomic mass is 10.00. The first-order valence-electron chi connectivity index (χ1n) is 8.74. The third-order valence-electron chi connectivity index (χ3n) is 4.88. The van der Waals surface area contributed by atoms with E-state index in [1.165, 1.54) is 42.4 Å². The van der Waals surface area contributed by atoms with Gasteiger partial charge in [-0.2, -0.15) is 0 Å². The van der Waals surface area contributed by atoms with E-state index in [0.29, 0.717) is 0 Å². The summed E-state index contributed by atoms with van der Waals surface area (Å²) in [4.78, 5) is 4.57. The quantitative estimate of drug-likeness (QED) is 0.331. The summed E-state index contributed by atoms with van der Waals surface area (Å²) in [5.74, 6) is 0. The Labute approximate surface area is 156 Å². The molecule has 0 unspecified atom stereocenters. The molecule has 0 fully saturated rings. The van der Waals surface area contributed by atoms with Crippen molar-refractivity contribution in [1.29, 1.82) is 0 Å². The van der Waals surface area contributed by atoms with Crippen molar-refractivity contribution in [2.75, 3.05) is 0 Å². The van der Waals surface area contributed by atoms with Gasteiger partial charge >= 0.3 is 0 Å². The fourth-order valence-electron chi connectivity index (χ4n) is 3.58. The topological polar surface area (TPSA) is 12.9 Å². The maximum Gasteiger partial charge on any atom is 0.0716 e. The Kier molecular flexibility index (Phi) is 3.58. The Bertz CT molecular complexity index is 1220. The molecular weight excluding hydrogens is 334 g/mol. The van der Waals surface area contributed by atoms with Crippen LogP contribution in [0.25, 0.3) is 42.6 Å². The molecule has 1 nitrogen and oxygen atoms in total. The molecule has 0 aliphatic carbocycles. The smallest absolute Gasteiger partial charge is 0.0716 e. The van der Waals surface area contributed by atoms with Gasteiger partial charge in [-0.3, -0.25) is 4.98 Å². The second-order valence-corrected chi connectivity index (χ2v) is 7.58. The van der Waals surface area contributed by atoms with Gasteiger partial charge in [0.2, 0.25) is 0 Å². The van der Waals surface area contributed by atoms with Crippen LogP contribution in [0.4, 0.5) is 0 Å². The standard InChI is InChI=1S/C24H17NS/c1-16-10-12-19(21-9-5-6-14-25-21)24-23(16)20-13-11-18(15-22(20)26-24)17-7-3-2-4-8-17/h2-15H,1H3. The summed E-state index contributed by atoms with van der Waals surface area (Å²) in [5.41, 5.74) is 6.09. The number of aromatic nitrogens is 1. The molecule has 0 saturated heterocycles. The average molecular weight is 351 g/mol. The molecule has 0 bridgehead atoms. The molecule has 0 radical (unpaired) electrons. The van der Waals surface area contributed by atoms with Crippen LogP contribution in [0.3, 0.4) is 0 Å². The van der Waals surface area contributed by atoms with E-state index < -0.39 is 0 Å². The zero-order valence-corrected chi connectivity index (χ0v) is 15.3. The monoisotopic (exact) mass is 351 g/mol. The number of pyridine rings is 1. The van der Waals surface area contributed by atoms with Crippen LogP contribution in [0.15, 0.2) is 85.1 Å². The minimum atomic E-state index is 1.03. The Morgan fingerprint density at radius 1 is 0.769 bits per heavy atom. The number of nitrogens with zero attached hydrogens (tertiary/aromatic N) is 1. The van der Waals surface area contributed by atoms with Crippen LogP contribution in [-0.4, -0.2) is 4.98 Å². The fourth-order valence-corrected chi connectivity index (χ4v) is 4.92. The van der Waals surface area contributed by atoms with Gasteiger partial charge in [0.15, 0.2) is 0 Å². The van der Waals surface area contributed by atoms with E-state index in [2.05, 4.69) is 84.7 Å². The third-order valence-corrected chi connectivity index (χ3v) is 6.06. The van der Waals surface area contributed by atoms with Gasteiger partial charge in [0.05, 0.1) is 5.69 Å². The number of aryl methyl sites for hydroxylation is 1. The number of hydrogen-bond donors (Lipinski definition) is 0. The average Bonchev–Trinajstić information content (AvgIpc) is 3.09. The van der Waals surface area contributed by atoms with Crippen molar-refractivity contribution in [3.63, 3.8) is 0 Å². The highest BCUT2D eigenvalue weighted by atomic mass is 32.1. The molecule has 26 heavy (non-hydrogen) atoms. The van der Waals surface area contributed by atoms with Gasteiger partial charge in [0.1, 0.15) is 0 Å². The van der Waals surface area contributed by atoms with Gasteiger partial charge in [0.25, 0.3) is 0 Å². The van der Waals surface area contributed by atoms with Crippen LogP contribution in [0.5, 0.6) is 0 Å². The van der Waals surface area contributed by atoms with Gasteiger partial charge < -0.3 is 0 Å². The molecule has 124 valence electrons.